The average molecular weight is 307 g/mol. The molecule has 1 amide bonds. The number of carboxylic acid groups (broad SMARTS) is 1. The number of amides is 1. The smallest absolute Gasteiger partial charge is 0.411 e. The Balaban J connectivity index is 4.68. The summed E-state index contributed by atoms with van der Waals surface area (Å²) in [6.07, 6.45) is -0.806. The van der Waals surface area contributed by atoms with Crippen molar-refractivity contribution in [2.45, 2.75) is 32.4 Å². The summed E-state index contributed by atoms with van der Waals surface area (Å²) in [7, 11) is 1.53. The van der Waals surface area contributed by atoms with Crippen molar-refractivity contribution in [2.75, 3.05) is 40.1 Å². The van der Waals surface area contributed by atoms with Gasteiger partial charge < -0.3 is 24.4 Å². The number of carbonyl (C=O) groups excluding carboxylic acids is 1. The molecule has 0 fully saturated rings. The maximum atomic E-state index is 12.0. The highest BCUT2D eigenvalue weighted by Crippen LogP contribution is 2.12. The number of aliphatic hydroxyl groups excluding tert-OH is 1. The maximum absolute atomic E-state index is 12.0. The summed E-state index contributed by atoms with van der Waals surface area (Å²) in [4.78, 5) is 24.1. The predicted molar refractivity (Wildman–Crippen MR) is 74.1 cm³/mol. The molecule has 0 heterocycles. The molecule has 124 valence electrons. The van der Waals surface area contributed by atoms with Gasteiger partial charge >= 0.3 is 12.1 Å². The van der Waals surface area contributed by atoms with Gasteiger partial charge in [0.15, 0.2) is 6.04 Å². The fraction of sp³-hybridized carbons (Fsp3) is 0.846. The van der Waals surface area contributed by atoms with Crippen molar-refractivity contribution in [3.63, 3.8) is 0 Å². The molecule has 0 rings (SSSR count). The van der Waals surface area contributed by atoms with Crippen LogP contribution in [0, 0.1) is 0 Å². The molecule has 21 heavy (non-hydrogen) atoms. The number of carbonyl (C=O) groups is 2. The van der Waals surface area contributed by atoms with E-state index >= 15 is 0 Å². The first kappa shape index (κ1) is 19.6. The zero-order valence-electron chi connectivity index (χ0n) is 13.0. The molecule has 0 radical (unpaired) electrons. The van der Waals surface area contributed by atoms with Crippen LogP contribution >= 0.6 is 0 Å². The minimum absolute atomic E-state index is 0.00382. The van der Waals surface area contributed by atoms with E-state index in [1.54, 1.807) is 20.8 Å². The number of aliphatic hydroxyl groups is 1. The van der Waals surface area contributed by atoms with Gasteiger partial charge in [0.1, 0.15) is 5.60 Å². The molecule has 0 aliphatic heterocycles. The Kier molecular flexibility index (Phi) is 8.91. The third-order valence-electron chi connectivity index (χ3n) is 2.37. The van der Waals surface area contributed by atoms with Gasteiger partial charge in [-0.25, -0.2) is 9.59 Å². The second-order valence-corrected chi connectivity index (χ2v) is 5.32. The third kappa shape index (κ3) is 8.49. The van der Waals surface area contributed by atoms with Gasteiger partial charge in [0.05, 0.1) is 26.4 Å². The van der Waals surface area contributed by atoms with Crippen LogP contribution in [0.2, 0.25) is 0 Å². The number of hydrogen-bond donors (Lipinski definition) is 2. The van der Waals surface area contributed by atoms with Crippen molar-refractivity contribution >= 4 is 12.1 Å². The van der Waals surface area contributed by atoms with Gasteiger partial charge in [-0.15, -0.1) is 0 Å². The standard InChI is InChI=1S/C13H25NO7/c1-13(2,3)21-12(18)14(10(9-15)11(16)17)5-6-20-8-7-19-4/h10,15H,5-9H2,1-4H3,(H,16,17)/t10-/m0/s1. The molecule has 0 spiro atoms. The van der Waals surface area contributed by atoms with Gasteiger partial charge in [-0.2, -0.15) is 0 Å². The Morgan fingerprint density at radius 2 is 1.81 bits per heavy atom. The SMILES string of the molecule is COCCOCCN(C(=O)OC(C)(C)C)[C@@H](CO)C(=O)O. The van der Waals surface area contributed by atoms with Gasteiger partial charge in [0, 0.05) is 13.7 Å². The zero-order valence-corrected chi connectivity index (χ0v) is 13.0. The molecule has 0 saturated heterocycles. The van der Waals surface area contributed by atoms with Crippen molar-refractivity contribution < 1.29 is 34.0 Å². The fourth-order valence-electron chi connectivity index (χ4n) is 1.41. The van der Waals surface area contributed by atoms with Gasteiger partial charge in [-0.05, 0) is 20.8 Å². The zero-order chi connectivity index (χ0) is 16.5. The molecule has 8 heteroatoms. The van der Waals surface area contributed by atoms with Crippen LogP contribution in [-0.4, -0.2) is 78.9 Å². The van der Waals surface area contributed by atoms with Crippen LogP contribution in [0.5, 0.6) is 0 Å². The quantitative estimate of drug-likeness (QED) is 0.591. The van der Waals surface area contributed by atoms with Crippen LogP contribution in [0.15, 0.2) is 0 Å². The highest BCUT2D eigenvalue weighted by molar-refractivity contribution is 5.80. The van der Waals surface area contributed by atoms with Gasteiger partial charge in [0.25, 0.3) is 0 Å². The lowest BCUT2D eigenvalue weighted by molar-refractivity contribution is -0.145. The van der Waals surface area contributed by atoms with Crippen molar-refractivity contribution in [1.82, 2.24) is 4.90 Å². The molecule has 0 aromatic heterocycles. The minimum atomic E-state index is -1.37. The molecule has 0 aliphatic rings. The first-order valence-corrected chi connectivity index (χ1v) is 6.63. The van der Waals surface area contributed by atoms with Crippen LogP contribution in [0.25, 0.3) is 0 Å². The van der Waals surface area contributed by atoms with E-state index in [2.05, 4.69) is 0 Å². The lowest BCUT2D eigenvalue weighted by atomic mass is 10.2. The van der Waals surface area contributed by atoms with Crippen LogP contribution in [0.4, 0.5) is 4.79 Å². The molecular formula is C13H25NO7. The Bertz CT molecular complexity index is 327. The lowest BCUT2D eigenvalue weighted by Gasteiger charge is -2.30. The summed E-state index contributed by atoms with van der Waals surface area (Å²) in [6.45, 7) is 5.16. The summed E-state index contributed by atoms with van der Waals surface area (Å²) in [5.41, 5.74) is -0.759. The second kappa shape index (κ2) is 9.54. The number of hydrogen-bond acceptors (Lipinski definition) is 6. The number of nitrogens with zero attached hydrogens (tertiary/aromatic N) is 1. The average Bonchev–Trinajstić information content (AvgIpc) is 2.34. The topological polar surface area (TPSA) is 106 Å². The van der Waals surface area contributed by atoms with Gasteiger partial charge in [-0.3, -0.25) is 4.90 Å². The number of ether oxygens (including phenoxy) is 3. The second-order valence-electron chi connectivity index (χ2n) is 5.32. The molecule has 0 bridgehead atoms. The molecule has 0 unspecified atom stereocenters. The van der Waals surface area contributed by atoms with Crippen LogP contribution < -0.4 is 0 Å². The first-order valence-electron chi connectivity index (χ1n) is 6.63. The van der Waals surface area contributed by atoms with Crippen molar-refractivity contribution in [3.8, 4) is 0 Å². The highest BCUT2D eigenvalue weighted by Gasteiger charge is 2.32. The summed E-state index contributed by atoms with van der Waals surface area (Å²) in [5, 5.41) is 18.2. The molecule has 0 aromatic carbocycles. The van der Waals surface area contributed by atoms with Crippen LogP contribution in [0.1, 0.15) is 20.8 Å². The van der Waals surface area contributed by atoms with Crippen molar-refractivity contribution in [2.24, 2.45) is 0 Å². The van der Waals surface area contributed by atoms with E-state index in [1.807, 2.05) is 0 Å². The molecule has 2 N–H and O–H groups in total. The first-order chi connectivity index (χ1) is 9.72. The number of aliphatic carboxylic acids is 1. The van der Waals surface area contributed by atoms with E-state index in [9.17, 15) is 9.59 Å². The summed E-state index contributed by atoms with van der Waals surface area (Å²) in [5.74, 6) is -1.31. The molecule has 0 saturated carbocycles. The Labute approximate surface area is 124 Å². The monoisotopic (exact) mass is 307 g/mol. The minimum Gasteiger partial charge on any atom is -0.480 e. The predicted octanol–water partition coefficient (Wildman–Crippen LogP) is 0.332. The Morgan fingerprint density at radius 1 is 1.19 bits per heavy atom. The Morgan fingerprint density at radius 3 is 2.24 bits per heavy atom. The van der Waals surface area contributed by atoms with E-state index in [-0.39, 0.29) is 13.2 Å². The lowest BCUT2D eigenvalue weighted by Crippen LogP contribution is -2.50. The number of rotatable bonds is 9. The van der Waals surface area contributed by atoms with Gasteiger partial charge in [0.2, 0.25) is 0 Å². The summed E-state index contributed by atoms with van der Waals surface area (Å²) in [6, 6.07) is -1.37. The molecular weight excluding hydrogens is 282 g/mol. The number of methoxy groups -OCH3 is 1. The summed E-state index contributed by atoms with van der Waals surface area (Å²) >= 11 is 0. The van der Waals surface area contributed by atoms with E-state index in [1.165, 1.54) is 7.11 Å². The maximum Gasteiger partial charge on any atom is 0.411 e. The Hall–Kier alpha value is -1.38. The molecule has 0 aromatic rings. The van der Waals surface area contributed by atoms with E-state index in [0.717, 1.165) is 4.90 Å². The fourth-order valence-corrected chi connectivity index (χ4v) is 1.41. The van der Waals surface area contributed by atoms with E-state index in [4.69, 9.17) is 24.4 Å². The molecule has 0 aliphatic carbocycles. The van der Waals surface area contributed by atoms with Crippen molar-refractivity contribution in [1.29, 1.82) is 0 Å². The van der Waals surface area contributed by atoms with E-state index in [0.29, 0.717) is 13.2 Å². The normalized spacial score (nSPS) is 12.8. The van der Waals surface area contributed by atoms with Crippen LogP contribution in [0.3, 0.4) is 0 Å². The molecule has 8 nitrogen and oxygen atoms in total. The highest BCUT2D eigenvalue weighted by atomic mass is 16.6. The number of carboxylic acids is 1. The largest absolute Gasteiger partial charge is 0.480 e. The van der Waals surface area contributed by atoms with E-state index < -0.39 is 30.3 Å². The molecule has 1 atom stereocenters. The van der Waals surface area contributed by atoms with Crippen LogP contribution in [-0.2, 0) is 19.0 Å². The van der Waals surface area contributed by atoms with Gasteiger partial charge in [-0.1, -0.05) is 0 Å². The third-order valence-corrected chi connectivity index (χ3v) is 2.37. The summed E-state index contributed by atoms with van der Waals surface area (Å²) < 4.78 is 15.2. The van der Waals surface area contributed by atoms with Crippen molar-refractivity contribution in [3.05, 3.63) is 0 Å².